The SMILES string of the molecule is Cc1[nH]c2ccc(C3=NNC(=O)NC3C)cc2c1C. The van der Waals surface area contributed by atoms with Gasteiger partial charge in [-0.25, -0.2) is 10.2 Å². The first kappa shape index (κ1) is 11.8. The second-order valence-corrected chi connectivity index (χ2v) is 4.94. The highest BCUT2D eigenvalue weighted by molar-refractivity contribution is 6.09. The predicted octanol–water partition coefficient (Wildman–Crippen LogP) is 2.19. The zero-order valence-corrected chi connectivity index (χ0v) is 11.2. The first-order valence-corrected chi connectivity index (χ1v) is 6.29. The lowest BCUT2D eigenvalue weighted by atomic mass is 10.0. The number of aromatic amines is 1. The van der Waals surface area contributed by atoms with E-state index in [2.05, 4.69) is 46.8 Å². The lowest BCUT2D eigenvalue weighted by molar-refractivity contribution is 0.239. The molecule has 1 aliphatic rings. The molecule has 98 valence electrons. The number of fused-ring (bicyclic) bond motifs is 1. The molecule has 3 rings (SSSR count). The van der Waals surface area contributed by atoms with Crippen molar-refractivity contribution in [1.29, 1.82) is 0 Å². The molecule has 0 fully saturated rings. The number of aromatic nitrogens is 1. The van der Waals surface area contributed by atoms with Gasteiger partial charge in [-0.1, -0.05) is 6.07 Å². The Hall–Kier alpha value is -2.30. The molecule has 0 radical (unpaired) electrons. The highest BCUT2D eigenvalue weighted by Crippen LogP contribution is 2.23. The van der Waals surface area contributed by atoms with Gasteiger partial charge in [0.2, 0.25) is 0 Å². The summed E-state index contributed by atoms with van der Waals surface area (Å²) in [5.41, 5.74) is 7.88. The molecule has 0 saturated heterocycles. The number of urea groups is 1. The lowest BCUT2D eigenvalue weighted by Crippen LogP contribution is -2.48. The van der Waals surface area contributed by atoms with Crippen LogP contribution in [0.1, 0.15) is 23.7 Å². The smallest absolute Gasteiger partial charge is 0.335 e. The van der Waals surface area contributed by atoms with E-state index >= 15 is 0 Å². The Bertz CT molecular complexity index is 699. The van der Waals surface area contributed by atoms with E-state index in [4.69, 9.17) is 0 Å². The molecule has 3 N–H and O–H groups in total. The van der Waals surface area contributed by atoms with E-state index in [0.717, 1.165) is 16.8 Å². The summed E-state index contributed by atoms with van der Waals surface area (Å²) in [6.45, 7) is 6.10. The Morgan fingerprint density at radius 1 is 1.26 bits per heavy atom. The van der Waals surface area contributed by atoms with Crippen LogP contribution in [-0.2, 0) is 0 Å². The molecule has 0 aliphatic carbocycles. The standard InChI is InChI=1S/C14H16N4O/c1-7-8(2)15-12-5-4-10(6-11(7)12)13-9(3)16-14(19)18-17-13/h4-6,9,15H,1-3H3,(H2,16,18,19). The fourth-order valence-corrected chi connectivity index (χ4v) is 2.44. The molecule has 5 nitrogen and oxygen atoms in total. The van der Waals surface area contributed by atoms with Crippen LogP contribution in [0.25, 0.3) is 10.9 Å². The van der Waals surface area contributed by atoms with Gasteiger partial charge in [0.1, 0.15) is 0 Å². The molecule has 19 heavy (non-hydrogen) atoms. The average molecular weight is 256 g/mol. The van der Waals surface area contributed by atoms with E-state index in [1.54, 1.807) is 0 Å². The Morgan fingerprint density at radius 2 is 2.05 bits per heavy atom. The summed E-state index contributed by atoms with van der Waals surface area (Å²) in [7, 11) is 0. The van der Waals surface area contributed by atoms with Gasteiger partial charge >= 0.3 is 6.03 Å². The molecule has 1 aliphatic heterocycles. The average Bonchev–Trinajstić information content (AvgIpc) is 2.65. The molecule has 2 amide bonds. The maximum atomic E-state index is 11.2. The fourth-order valence-electron chi connectivity index (χ4n) is 2.44. The monoisotopic (exact) mass is 256 g/mol. The molecule has 1 aromatic heterocycles. The van der Waals surface area contributed by atoms with Crippen molar-refractivity contribution in [3.05, 3.63) is 35.0 Å². The van der Waals surface area contributed by atoms with Gasteiger partial charge in [-0.15, -0.1) is 0 Å². The van der Waals surface area contributed by atoms with Crippen molar-refractivity contribution in [2.24, 2.45) is 5.10 Å². The molecule has 1 atom stereocenters. The molecule has 2 heterocycles. The number of H-pyrrole nitrogens is 1. The van der Waals surface area contributed by atoms with Crippen LogP contribution in [0.15, 0.2) is 23.3 Å². The third kappa shape index (κ3) is 1.87. The molecule has 0 spiro atoms. The number of amides is 2. The number of nitrogens with zero attached hydrogens (tertiary/aromatic N) is 1. The number of aryl methyl sites for hydroxylation is 2. The summed E-state index contributed by atoms with van der Waals surface area (Å²) in [6, 6.07) is 5.84. The number of carbonyl (C=O) groups excluding carboxylic acids is 1. The second kappa shape index (κ2) is 4.12. The van der Waals surface area contributed by atoms with Crippen LogP contribution in [-0.4, -0.2) is 22.8 Å². The topological polar surface area (TPSA) is 69.3 Å². The Morgan fingerprint density at radius 3 is 2.79 bits per heavy atom. The Kier molecular flexibility index (Phi) is 2.55. The maximum absolute atomic E-state index is 11.2. The highest BCUT2D eigenvalue weighted by Gasteiger charge is 2.20. The van der Waals surface area contributed by atoms with Crippen LogP contribution in [0.3, 0.4) is 0 Å². The number of hydrogen-bond donors (Lipinski definition) is 3. The van der Waals surface area contributed by atoms with E-state index in [1.807, 2.05) is 13.0 Å². The van der Waals surface area contributed by atoms with Gasteiger partial charge in [-0.2, -0.15) is 5.10 Å². The van der Waals surface area contributed by atoms with E-state index in [9.17, 15) is 4.79 Å². The third-order valence-electron chi connectivity index (χ3n) is 3.64. The second-order valence-electron chi connectivity index (χ2n) is 4.94. The summed E-state index contributed by atoms with van der Waals surface area (Å²) >= 11 is 0. The van der Waals surface area contributed by atoms with Crippen molar-refractivity contribution in [3.8, 4) is 0 Å². The number of benzene rings is 1. The number of nitrogens with one attached hydrogen (secondary N) is 3. The predicted molar refractivity (Wildman–Crippen MR) is 75.4 cm³/mol. The molecule has 0 saturated carbocycles. The molecule has 1 unspecified atom stereocenters. The number of hydrazone groups is 1. The zero-order valence-electron chi connectivity index (χ0n) is 11.2. The first-order chi connectivity index (χ1) is 9.06. The molecule has 0 bridgehead atoms. The Balaban J connectivity index is 2.11. The van der Waals surface area contributed by atoms with Crippen molar-refractivity contribution in [2.75, 3.05) is 0 Å². The summed E-state index contributed by atoms with van der Waals surface area (Å²) in [5, 5.41) is 8.15. The molecule has 1 aromatic carbocycles. The van der Waals surface area contributed by atoms with Crippen LogP contribution in [0.5, 0.6) is 0 Å². The molecule has 2 aromatic rings. The summed E-state index contributed by atoms with van der Waals surface area (Å²) in [6.07, 6.45) is 0. The summed E-state index contributed by atoms with van der Waals surface area (Å²) in [4.78, 5) is 14.5. The summed E-state index contributed by atoms with van der Waals surface area (Å²) < 4.78 is 0. The van der Waals surface area contributed by atoms with E-state index < -0.39 is 0 Å². The van der Waals surface area contributed by atoms with Gasteiger partial charge in [0.15, 0.2) is 0 Å². The van der Waals surface area contributed by atoms with Gasteiger partial charge in [-0.3, -0.25) is 0 Å². The number of rotatable bonds is 1. The summed E-state index contributed by atoms with van der Waals surface area (Å²) in [5.74, 6) is 0. The third-order valence-corrected chi connectivity index (χ3v) is 3.64. The molecule has 5 heteroatoms. The van der Waals surface area contributed by atoms with Crippen molar-refractivity contribution in [1.82, 2.24) is 15.7 Å². The fraction of sp³-hybridized carbons (Fsp3) is 0.286. The largest absolute Gasteiger partial charge is 0.358 e. The molecular formula is C14H16N4O. The normalized spacial score (nSPS) is 19.0. The van der Waals surface area contributed by atoms with Gasteiger partial charge in [0.05, 0.1) is 11.8 Å². The van der Waals surface area contributed by atoms with Crippen molar-refractivity contribution >= 4 is 22.6 Å². The van der Waals surface area contributed by atoms with Gasteiger partial charge in [0.25, 0.3) is 0 Å². The Labute approximate surface area is 111 Å². The van der Waals surface area contributed by atoms with Crippen molar-refractivity contribution in [2.45, 2.75) is 26.8 Å². The van der Waals surface area contributed by atoms with Crippen molar-refractivity contribution < 1.29 is 4.79 Å². The number of carbonyl (C=O) groups is 1. The minimum Gasteiger partial charge on any atom is -0.358 e. The first-order valence-electron chi connectivity index (χ1n) is 6.29. The van der Waals surface area contributed by atoms with Crippen LogP contribution in [0.4, 0.5) is 4.79 Å². The van der Waals surface area contributed by atoms with Crippen LogP contribution in [0, 0.1) is 13.8 Å². The van der Waals surface area contributed by atoms with Crippen molar-refractivity contribution in [3.63, 3.8) is 0 Å². The van der Waals surface area contributed by atoms with E-state index in [0.29, 0.717) is 0 Å². The van der Waals surface area contributed by atoms with Crippen LogP contribution >= 0.6 is 0 Å². The molecular weight excluding hydrogens is 240 g/mol. The minimum atomic E-state index is -0.258. The highest BCUT2D eigenvalue weighted by atomic mass is 16.2. The van der Waals surface area contributed by atoms with Crippen LogP contribution in [0.2, 0.25) is 0 Å². The van der Waals surface area contributed by atoms with Gasteiger partial charge < -0.3 is 10.3 Å². The van der Waals surface area contributed by atoms with Crippen LogP contribution < -0.4 is 10.7 Å². The maximum Gasteiger partial charge on any atom is 0.335 e. The van der Waals surface area contributed by atoms with Gasteiger partial charge in [-0.05, 0) is 38.5 Å². The lowest BCUT2D eigenvalue weighted by Gasteiger charge is -2.21. The minimum absolute atomic E-state index is 0.0912. The zero-order chi connectivity index (χ0) is 13.6. The quantitative estimate of drug-likeness (QED) is 0.719. The number of hydrogen-bond acceptors (Lipinski definition) is 2. The van der Waals surface area contributed by atoms with E-state index in [-0.39, 0.29) is 12.1 Å². The van der Waals surface area contributed by atoms with Gasteiger partial charge in [0, 0.05) is 22.2 Å². The van der Waals surface area contributed by atoms with E-state index in [1.165, 1.54) is 16.6 Å².